The van der Waals surface area contributed by atoms with Crippen LogP contribution in [0.15, 0.2) is 10.5 Å². The van der Waals surface area contributed by atoms with Crippen molar-refractivity contribution in [3.8, 4) is 17.2 Å². The first-order valence-electron chi connectivity index (χ1n) is 4.60. The number of nitrogens with one attached hydrogen (secondary N) is 1. The third kappa shape index (κ3) is 2.45. The van der Waals surface area contributed by atoms with E-state index in [1.807, 2.05) is 5.43 Å². The van der Waals surface area contributed by atoms with E-state index in [1.54, 1.807) is 6.07 Å². The number of benzene rings is 1. The molecule has 0 aliphatic carbocycles. The summed E-state index contributed by atoms with van der Waals surface area (Å²) >= 11 is 3.28. The monoisotopic (exact) mass is 304 g/mol. The summed E-state index contributed by atoms with van der Waals surface area (Å²) in [6.45, 7) is 0. The van der Waals surface area contributed by atoms with E-state index < -0.39 is 5.91 Å². The van der Waals surface area contributed by atoms with Crippen LogP contribution in [0.5, 0.6) is 17.2 Å². The second-order valence-electron chi connectivity index (χ2n) is 2.98. The number of methoxy groups -OCH3 is 3. The van der Waals surface area contributed by atoms with E-state index in [2.05, 4.69) is 15.9 Å². The summed E-state index contributed by atoms with van der Waals surface area (Å²) in [5.74, 6) is 5.64. The zero-order chi connectivity index (χ0) is 13.0. The molecule has 94 valence electrons. The lowest BCUT2D eigenvalue weighted by Crippen LogP contribution is -2.30. The highest BCUT2D eigenvalue weighted by molar-refractivity contribution is 9.10. The second kappa shape index (κ2) is 5.74. The van der Waals surface area contributed by atoms with Gasteiger partial charge in [-0.05, 0) is 22.0 Å². The Kier molecular flexibility index (Phi) is 4.59. The molecule has 0 fully saturated rings. The molecule has 1 aromatic rings. The summed E-state index contributed by atoms with van der Waals surface area (Å²) in [7, 11) is 4.38. The van der Waals surface area contributed by atoms with E-state index in [0.29, 0.717) is 16.0 Å². The van der Waals surface area contributed by atoms with Crippen LogP contribution in [-0.2, 0) is 0 Å². The van der Waals surface area contributed by atoms with Gasteiger partial charge >= 0.3 is 0 Å². The van der Waals surface area contributed by atoms with Crippen molar-refractivity contribution in [2.45, 2.75) is 0 Å². The second-order valence-corrected chi connectivity index (χ2v) is 3.83. The SMILES string of the molecule is COc1c(Br)cc(C(=O)NN)c(OC)c1OC. The fourth-order valence-corrected chi connectivity index (χ4v) is 1.99. The molecule has 0 saturated carbocycles. The van der Waals surface area contributed by atoms with Gasteiger partial charge in [-0.15, -0.1) is 0 Å². The van der Waals surface area contributed by atoms with Gasteiger partial charge in [-0.25, -0.2) is 5.84 Å². The van der Waals surface area contributed by atoms with Crippen LogP contribution in [0.2, 0.25) is 0 Å². The van der Waals surface area contributed by atoms with Crippen LogP contribution in [0.1, 0.15) is 10.4 Å². The van der Waals surface area contributed by atoms with E-state index >= 15 is 0 Å². The molecule has 0 aliphatic rings. The maximum absolute atomic E-state index is 11.6. The Morgan fingerprint density at radius 1 is 1.18 bits per heavy atom. The van der Waals surface area contributed by atoms with Crippen LogP contribution in [0, 0.1) is 0 Å². The number of hydrazine groups is 1. The van der Waals surface area contributed by atoms with Gasteiger partial charge in [-0.2, -0.15) is 0 Å². The molecular formula is C10H13BrN2O4. The molecule has 0 aliphatic heterocycles. The van der Waals surface area contributed by atoms with Crippen LogP contribution in [0.4, 0.5) is 0 Å². The van der Waals surface area contributed by atoms with Crippen LogP contribution in [0.25, 0.3) is 0 Å². The lowest BCUT2D eigenvalue weighted by Gasteiger charge is -2.16. The van der Waals surface area contributed by atoms with Crippen molar-refractivity contribution in [2.75, 3.05) is 21.3 Å². The lowest BCUT2D eigenvalue weighted by atomic mass is 10.1. The molecule has 0 aromatic heterocycles. The summed E-state index contributed by atoms with van der Waals surface area (Å²) in [5, 5.41) is 0. The van der Waals surface area contributed by atoms with Gasteiger partial charge in [-0.1, -0.05) is 0 Å². The Balaban J connectivity index is 3.53. The van der Waals surface area contributed by atoms with E-state index in [9.17, 15) is 4.79 Å². The average molecular weight is 305 g/mol. The predicted octanol–water partition coefficient (Wildman–Crippen LogP) is 1.08. The smallest absolute Gasteiger partial charge is 0.269 e. The van der Waals surface area contributed by atoms with Crippen molar-refractivity contribution >= 4 is 21.8 Å². The van der Waals surface area contributed by atoms with E-state index in [4.69, 9.17) is 20.1 Å². The van der Waals surface area contributed by atoms with Crippen molar-refractivity contribution in [3.05, 3.63) is 16.1 Å². The summed E-state index contributed by atoms with van der Waals surface area (Å²) in [4.78, 5) is 11.6. The number of hydrogen-bond donors (Lipinski definition) is 2. The molecule has 0 radical (unpaired) electrons. The summed E-state index contributed by atoms with van der Waals surface area (Å²) < 4.78 is 16.0. The van der Waals surface area contributed by atoms with Crippen molar-refractivity contribution in [1.82, 2.24) is 5.43 Å². The largest absolute Gasteiger partial charge is 0.492 e. The number of carbonyl (C=O) groups excluding carboxylic acids is 1. The standard InChI is InChI=1S/C10H13BrN2O4/c1-15-7-5(10(14)13-12)4-6(11)8(16-2)9(7)17-3/h4H,12H2,1-3H3,(H,13,14). The predicted molar refractivity (Wildman–Crippen MR) is 65.5 cm³/mol. The number of rotatable bonds is 4. The number of nitrogen functional groups attached to an aromatic ring is 1. The van der Waals surface area contributed by atoms with Crippen LogP contribution in [-0.4, -0.2) is 27.2 Å². The molecule has 0 heterocycles. The van der Waals surface area contributed by atoms with Crippen molar-refractivity contribution in [3.63, 3.8) is 0 Å². The van der Waals surface area contributed by atoms with Gasteiger partial charge in [0.1, 0.15) is 0 Å². The molecule has 0 atom stereocenters. The maximum atomic E-state index is 11.6. The Morgan fingerprint density at radius 2 is 1.71 bits per heavy atom. The Morgan fingerprint density at radius 3 is 2.12 bits per heavy atom. The van der Waals surface area contributed by atoms with E-state index in [-0.39, 0.29) is 11.3 Å². The molecule has 7 heteroatoms. The van der Waals surface area contributed by atoms with Gasteiger partial charge in [0.25, 0.3) is 5.91 Å². The number of carbonyl (C=O) groups is 1. The highest BCUT2D eigenvalue weighted by Gasteiger charge is 2.23. The molecule has 1 rings (SSSR count). The third-order valence-corrected chi connectivity index (χ3v) is 2.72. The molecule has 3 N–H and O–H groups in total. The molecule has 17 heavy (non-hydrogen) atoms. The normalized spacial score (nSPS) is 9.71. The fraction of sp³-hybridized carbons (Fsp3) is 0.300. The summed E-state index contributed by atoms with van der Waals surface area (Å²) in [5.41, 5.74) is 2.29. The zero-order valence-corrected chi connectivity index (χ0v) is 11.3. The minimum atomic E-state index is -0.483. The first-order valence-corrected chi connectivity index (χ1v) is 5.39. The topological polar surface area (TPSA) is 82.8 Å². The van der Waals surface area contributed by atoms with E-state index in [0.717, 1.165) is 0 Å². The molecule has 0 unspecified atom stereocenters. The molecule has 1 aromatic carbocycles. The zero-order valence-electron chi connectivity index (χ0n) is 9.67. The van der Waals surface area contributed by atoms with Gasteiger partial charge in [0.2, 0.25) is 5.75 Å². The van der Waals surface area contributed by atoms with E-state index in [1.165, 1.54) is 21.3 Å². The van der Waals surface area contributed by atoms with Gasteiger partial charge in [0.15, 0.2) is 11.5 Å². The molecule has 0 saturated heterocycles. The summed E-state index contributed by atoms with van der Waals surface area (Å²) in [6.07, 6.45) is 0. The first kappa shape index (κ1) is 13.6. The quantitative estimate of drug-likeness (QED) is 0.494. The number of nitrogens with two attached hydrogens (primary N) is 1. The maximum Gasteiger partial charge on any atom is 0.269 e. The van der Waals surface area contributed by atoms with Crippen LogP contribution >= 0.6 is 15.9 Å². The molecule has 0 spiro atoms. The molecule has 6 nitrogen and oxygen atoms in total. The lowest BCUT2D eigenvalue weighted by molar-refractivity contribution is 0.0949. The minimum absolute atomic E-state index is 0.250. The fourth-order valence-electron chi connectivity index (χ4n) is 1.42. The highest BCUT2D eigenvalue weighted by Crippen LogP contribution is 2.44. The minimum Gasteiger partial charge on any atom is -0.492 e. The Labute approximate surface area is 107 Å². The Bertz CT molecular complexity index is 437. The average Bonchev–Trinajstić information content (AvgIpc) is 2.36. The summed E-state index contributed by atoms with van der Waals surface area (Å²) in [6, 6.07) is 1.54. The molecular weight excluding hydrogens is 292 g/mol. The van der Waals surface area contributed by atoms with Crippen LogP contribution < -0.4 is 25.5 Å². The van der Waals surface area contributed by atoms with Crippen molar-refractivity contribution in [2.24, 2.45) is 5.84 Å². The first-order chi connectivity index (χ1) is 8.10. The van der Waals surface area contributed by atoms with Gasteiger partial charge in [0.05, 0.1) is 31.4 Å². The van der Waals surface area contributed by atoms with Gasteiger partial charge in [-0.3, -0.25) is 10.2 Å². The molecule has 1 amide bonds. The number of amides is 1. The molecule has 0 bridgehead atoms. The number of ether oxygens (including phenoxy) is 3. The van der Waals surface area contributed by atoms with Crippen molar-refractivity contribution in [1.29, 1.82) is 0 Å². The van der Waals surface area contributed by atoms with Crippen molar-refractivity contribution < 1.29 is 19.0 Å². The van der Waals surface area contributed by atoms with Gasteiger partial charge in [0, 0.05) is 0 Å². The third-order valence-electron chi connectivity index (χ3n) is 2.13. The van der Waals surface area contributed by atoms with Gasteiger partial charge < -0.3 is 14.2 Å². The number of halogens is 1. The number of hydrogen-bond acceptors (Lipinski definition) is 5. The highest BCUT2D eigenvalue weighted by atomic mass is 79.9. The van der Waals surface area contributed by atoms with Crippen LogP contribution in [0.3, 0.4) is 0 Å². The Hall–Kier alpha value is -1.47.